The van der Waals surface area contributed by atoms with Crippen molar-refractivity contribution in [3.63, 3.8) is 0 Å². The summed E-state index contributed by atoms with van der Waals surface area (Å²) >= 11 is 3.69. The van der Waals surface area contributed by atoms with Gasteiger partial charge in [-0.3, -0.25) is 0 Å². The Bertz CT molecular complexity index is 1020. The summed E-state index contributed by atoms with van der Waals surface area (Å²) in [6, 6.07) is 13.2. The van der Waals surface area contributed by atoms with Crippen LogP contribution >= 0.6 is 23.1 Å². The summed E-state index contributed by atoms with van der Waals surface area (Å²) in [7, 11) is 2.14. The minimum Gasteiger partial charge on any atom is -1.00 e. The molecule has 0 N–H and O–H groups in total. The predicted molar refractivity (Wildman–Crippen MR) is 110 cm³/mol. The van der Waals surface area contributed by atoms with Gasteiger partial charge in [0.2, 0.25) is 5.52 Å². The number of aryl methyl sites for hydroxylation is 3. The number of fused-ring (bicyclic) bond motifs is 2. The number of nitrogens with zero attached hydrogens (tertiary/aromatic N) is 2. The average molecular weight is 492 g/mol. The van der Waals surface area contributed by atoms with Crippen LogP contribution in [0.2, 0.25) is 0 Å². The molecule has 2 aromatic carbocycles. The maximum Gasteiger partial charge on any atom is 0.265 e. The molecule has 4 rings (SSSR count). The van der Waals surface area contributed by atoms with Crippen molar-refractivity contribution in [2.24, 2.45) is 7.05 Å². The Balaban J connectivity index is 0.00000196. The van der Waals surface area contributed by atoms with Crippen molar-refractivity contribution in [2.45, 2.75) is 18.7 Å². The van der Waals surface area contributed by atoms with Crippen LogP contribution < -0.4 is 33.4 Å². The quantitative estimate of drug-likeness (QED) is 0.315. The number of hydrogen-bond acceptors (Lipinski definition) is 3. The summed E-state index contributed by atoms with van der Waals surface area (Å²) in [5.41, 5.74) is 5.25. The molecule has 0 fully saturated rings. The number of halogens is 1. The zero-order valence-corrected chi connectivity index (χ0v) is 18.9. The van der Waals surface area contributed by atoms with E-state index in [1.165, 1.54) is 42.0 Å². The smallest absolute Gasteiger partial charge is 0.265 e. The first-order valence-corrected chi connectivity index (χ1v) is 9.98. The van der Waals surface area contributed by atoms with Crippen molar-refractivity contribution < 1.29 is 28.5 Å². The third-order valence-electron chi connectivity index (χ3n) is 4.68. The lowest BCUT2D eigenvalue weighted by Gasteiger charge is -2.18. The van der Waals surface area contributed by atoms with Crippen LogP contribution in [0.1, 0.15) is 16.1 Å². The van der Waals surface area contributed by atoms with Crippen LogP contribution in [0.15, 0.2) is 59.0 Å². The van der Waals surface area contributed by atoms with Crippen molar-refractivity contribution >= 4 is 45.1 Å². The van der Waals surface area contributed by atoms with Gasteiger partial charge >= 0.3 is 0 Å². The second-order valence-electron chi connectivity index (χ2n) is 6.36. The van der Waals surface area contributed by atoms with Gasteiger partial charge in [-0.2, -0.15) is 4.57 Å². The monoisotopic (exact) mass is 492 g/mol. The summed E-state index contributed by atoms with van der Waals surface area (Å²) in [4.78, 5) is 3.70. The Kier molecular flexibility index (Phi) is 5.79. The van der Waals surface area contributed by atoms with E-state index in [-0.39, 0.29) is 24.0 Å². The molecule has 0 saturated heterocycles. The average Bonchev–Trinajstić information content (AvgIpc) is 3.08. The van der Waals surface area contributed by atoms with Crippen molar-refractivity contribution in [3.05, 3.63) is 70.2 Å². The van der Waals surface area contributed by atoms with Gasteiger partial charge in [0.05, 0.1) is 16.8 Å². The number of para-hydroxylation sites is 1. The van der Waals surface area contributed by atoms with Crippen LogP contribution in [-0.4, -0.2) is 6.54 Å². The molecule has 2 nitrogen and oxygen atoms in total. The normalized spacial score (nSPS) is 14.6. The van der Waals surface area contributed by atoms with Crippen molar-refractivity contribution in [1.29, 1.82) is 0 Å². The topological polar surface area (TPSA) is 7.12 Å². The van der Waals surface area contributed by atoms with Gasteiger partial charge in [0.1, 0.15) is 11.7 Å². The number of anilines is 1. The first-order valence-electron chi connectivity index (χ1n) is 8.35. The largest absolute Gasteiger partial charge is 1.00 e. The molecule has 0 saturated carbocycles. The molecule has 0 aliphatic carbocycles. The molecule has 26 heavy (non-hydrogen) atoms. The number of rotatable bonds is 3. The van der Waals surface area contributed by atoms with E-state index in [0.717, 1.165) is 6.54 Å². The van der Waals surface area contributed by atoms with Crippen LogP contribution in [0.4, 0.5) is 5.69 Å². The Morgan fingerprint density at radius 3 is 2.62 bits per heavy atom. The van der Waals surface area contributed by atoms with Gasteiger partial charge < -0.3 is 28.9 Å². The van der Waals surface area contributed by atoms with Gasteiger partial charge in [-0.25, -0.2) is 0 Å². The first-order chi connectivity index (χ1) is 12.1. The SMILES string of the molecule is C=CCN1/C(=C/c2sc3ccccc3[n+]2C)Sc2cc(C)c(C)cc21.[I-]. The fourth-order valence-electron chi connectivity index (χ4n) is 3.13. The number of aromatic nitrogens is 1. The van der Waals surface area contributed by atoms with Crippen LogP contribution in [-0.2, 0) is 7.05 Å². The Morgan fingerprint density at radius 1 is 1.15 bits per heavy atom. The second kappa shape index (κ2) is 7.74. The molecule has 1 aliphatic rings. The maximum atomic E-state index is 3.95. The van der Waals surface area contributed by atoms with Gasteiger partial charge in [0, 0.05) is 17.5 Å². The minimum absolute atomic E-state index is 0. The molecular weight excluding hydrogens is 471 g/mol. The van der Waals surface area contributed by atoms with E-state index in [4.69, 9.17) is 0 Å². The van der Waals surface area contributed by atoms with Gasteiger partial charge in [0.15, 0.2) is 0 Å². The van der Waals surface area contributed by atoms with Gasteiger partial charge in [-0.15, -0.1) is 6.58 Å². The summed E-state index contributed by atoms with van der Waals surface area (Å²) < 4.78 is 3.60. The summed E-state index contributed by atoms with van der Waals surface area (Å²) in [6.07, 6.45) is 4.28. The van der Waals surface area contributed by atoms with E-state index in [1.54, 1.807) is 0 Å². The number of thioether (sulfide) groups is 1. The third kappa shape index (κ3) is 3.32. The maximum absolute atomic E-state index is 3.95. The van der Waals surface area contributed by atoms with Crippen molar-refractivity contribution in [1.82, 2.24) is 0 Å². The van der Waals surface area contributed by atoms with Crippen LogP contribution in [0.5, 0.6) is 0 Å². The first kappa shape index (κ1) is 19.5. The van der Waals surface area contributed by atoms with E-state index < -0.39 is 0 Å². The Hall–Kier alpha value is -1.31. The molecule has 5 heteroatoms. The van der Waals surface area contributed by atoms with Gasteiger partial charge in [-0.1, -0.05) is 41.3 Å². The molecule has 1 aliphatic heterocycles. The van der Waals surface area contributed by atoms with Gasteiger partial charge in [-0.05, 0) is 43.2 Å². The standard InChI is InChI=1S/C21H21N2S2.HI/c1-5-10-23-17-11-14(2)15(3)12-19(17)25-21(23)13-20-22(4)16-8-6-7-9-18(16)24-20;/h5-9,11-13H,1,10H2,2-4H3;1H/q+1;/p-1. The molecule has 3 aromatic rings. The molecule has 0 bridgehead atoms. The fourth-order valence-corrected chi connectivity index (χ4v) is 5.48. The van der Waals surface area contributed by atoms with Crippen LogP contribution in [0, 0.1) is 13.8 Å². The zero-order valence-electron chi connectivity index (χ0n) is 15.1. The molecule has 0 amide bonds. The van der Waals surface area contributed by atoms with Crippen molar-refractivity contribution in [3.8, 4) is 0 Å². The molecule has 0 spiro atoms. The van der Waals surface area contributed by atoms with Crippen molar-refractivity contribution in [2.75, 3.05) is 11.4 Å². The summed E-state index contributed by atoms with van der Waals surface area (Å²) in [5, 5.41) is 2.53. The molecule has 134 valence electrons. The van der Waals surface area contributed by atoms with Crippen LogP contribution in [0.3, 0.4) is 0 Å². The molecule has 1 aromatic heterocycles. The number of thiazole rings is 1. The highest BCUT2D eigenvalue weighted by Gasteiger charge is 2.27. The third-order valence-corrected chi connectivity index (χ3v) is 6.94. The van der Waals surface area contributed by atoms with E-state index in [2.05, 4.69) is 79.4 Å². The molecule has 0 unspecified atom stereocenters. The highest BCUT2D eigenvalue weighted by molar-refractivity contribution is 8.03. The molecule has 0 radical (unpaired) electrons. The highest BCUT2D eigenvalue weighted by atomic mass is 127. The molecule has 2 heterocycles. The zero-order chi connectivity index (χ0) is 17.6. The Morgan fingerprint density at radius 2 is 1.88 bits per heavy atom. The van der Waals surface area contributed by atoms with Crippen LogP contribution in [0.25, 0.3) is 16.3 Å². The molecule has 0 atom stereocenters. The lowest BCUT2D eigenvalue weighted by atomic mass is 10.1. The van der Waals surface area contributed by atoms with E-state index in [9.17, 15) is 0 Å². The lowest BCUT2D eigenvalue weighted by Crippen LogP contribution is -3.00. The second-order valence-corrected chi connectivity index (χ2v) is 8.48. The summed E-state index contributed by atoms with van der Waals surface area (Å²) in [5.74, 6) is 0. The Labute approximate surface area is 180 Å². The minimum atomic E-state index is 0. The van der Waals surface area contributed by atoms with E-state index in [1.807, 2.05) is 29.2 Å². The number of benzene rings is 2. The van der Waals surface area contributed by atoms with E-state index >= 15 is 0 Å². The highest BCUT2D eigenvalue weighted by Crippen LogP contribution is 2.47. The lowest BCUT2D eigenvalue weighted by molar-refractivity contribution is -0.642. The summed E-state index contributed by atoms with van der Waals surface area (Å²) in [6.45, 7) is 9.14. The molecular formula is C21H21IN2S2. The van der Waals surface area contributed by atoms with Gasteiger partial charge in [0.25, 0.3) is 5.01 Å². The fraction of sp³-hybridized carbons (Fsp3) is 0.190. The predicted octanol–water partition coefficient (Wildman–Crippen LogP) is 2.44. The number of hydrogen-bond donors (Lipinski definition) is 0. The van der Waals surface area contributed by atoms with E-state index in [0.29, 0.717) is 0 Å².